The van der Waals surface area contributed by atoms with Crippen molar-refractivity contribution < 1.29 is 18.3 Å². The van der Waals surface area contributed by atoms with Crippen molar-refractivity contribution in [2.75, 3.05) is 19.6 Å². The third-order valence-electron chi connectivity index (χ3n) is 3.75. The Labute approximate surface area is 137 Å². The van der Waals surface area contributed by atoms with Crippen LogP contribution in [-0.2, 0) is 10.0 Å². The molecule has 0 saturated carbocycles. The summed E-state index contributed by atoms with van der Waals surface area (Å²) in [7, 11) is -3.48. The van der Waals surface area contributed by atoms with Crippen molar-refractivity contribution in [3.8, 4) is 0 Å². The standard InChI is InChI=1S/C16H24N2O4S/c1-16(2,20)12-17-15(19)13-6-8-14(9-7-13)23(21,22)18-10-4-3-5-11-18/h6-9,20H,3-5,10-12H2,1-2H3,(H,17,19). The highest BCUT2D eigenvalue weighted by atomic mass is 32.2. The number of hydrogen-bond donors (Lipinski definition) is 2. The molecule has 1 fully saturated rings. The Morgan fingerprint density at radius 3 is 2.26 bits per heavy atom. The van der Waals surface area contributed by atoms with Gasteiger partial charge in [-0.1, -0.05) is 6.42 Å². The molecule has 1 aliphatic rings. The van der Waals surface area contributed by atoms with Crippen LogP contribution in [0, 0.1) is 0 Å². The minimum Gasteiger partial charge on any atom is -0.389 e. The second-order valence-electron chi connectivity index (χ2n) is 6.48. The molecule has 0 spiro atoms. The molecule has 1 heterocycles. The highest BCUT2D eigenvalue weighted by Gasteiger charge is 2.26. The molecule has 23 heavy (non-hydrogen) atoms. The van der Waals surface area contributed by atoms with Gasteiger partial charge in [0.25, 0.3) is 5.91 Å². The summed E-state index contributed by atoms with van der Waals surface area (Å²) >= 11 is 0. The van der Waals surface area contributed by atoms with Gasteiger partial charge in [0.1, 0.15) is 0 Å². The second kappa shape index (κ2) is 6.98. The van der Waals surface area contributed by atoms with Crippen LogP contribution >= 0.6 is 0 Å². The first-order valence-electron chi connectivity index (χ1n) is 7.81. The first kappa shape index (κ1) is 17.9. The van der Waals surface area contributed by atoms with Gasteiger partial charge in [-0.2, -0.15) is 4.31 Å². The first-order valence-corrected chi connectivity index (χ1v) is 9.25. The predicted octanol–water partition coefficient (Wildman–Crippen LogP) is 1.36. The van der Waals surface area contributed by atoms with E-state index in [1.54, 1.807) is 13.8 Å². The number of hydrogen-bond acceptors (Lipinski definition) is 4. The minimum absolute atomic E-state index is 0.125. The quantitative estimate of drug-likeness (QED) is 0.847. The summed E-state index contributed by atoms with van der Waals surface area (Å²) in [6, 6.07) is 5.92. The topological polar surface area (TPSA) is 86.7 Å². The van der Waals surface area contributed by atoms with Crippen LogP contribution in [0.3, 0.4) is 0 Å². The fourth-order valence-electron chi connectivity index (χ4n) is 2.43. The lowest BCUT2D eigenvalue weighted by atomic mass is 10.1. The fourth-order valence-corrected chi connectivity index (χ4v) is 3.95. The van der Waals surface area contributed by atoms with Crippen molar-refractivity contribution in [3.05, 3.63) is 29.8 Å². The number of nitrogens with one attached hydrogen (secondary N) is 1. The molecule has 0 radical (unpaired) electrons. The van der Waals surface area contributed by atoms with Crippen LogP contribution in [0.1, 0.15) is 43.5 Å². The first-order chi connectivity index (χ1) is 10.7. The van der Waals surface area contributed by atoms with E-state index < -0.39 is 15.6 Å². The smallest absolute Gasteiger partial charge is 0.251 e. The fraction of sp³-hybridized carbons (Fsp3) is 0.562. The zero-order chi connectivity index (χ0) is 17.1. The SMILES string of the molecule is CC(C)(O)CNC(=O)c1ccc(S(=O)(=O)N2CCCCC2)cc1. The van der Waals surface area contributed by atoms with E-state index in [-0.39, 0.29) is 17.3 Å². The summed E-state index contributed by atoms with van der Waals surface area (Å²) < 4.78 is 26.5. The monoisotopic (exact) mass is 340 g/mol. The average molecular weight is 340 g/mol. The predicted molar refractivity (Wildman–Crippen MR) is 87.7 cm³/mol. The van der Waals surface area contributed by atoms with E-state index >= 15 is 0 Å². The summed E-state index contributed by atoms with van der Waals surface area (Å²) in [6.07, 6.45) is 2.83. The molecule has 1 aliphatic heterocycles. The van der Waals surface area contributed by atoms with Crippen LogP contribution in [-0.4, -0.2) is 49.0 Å². The number of rotatable bonds is 5. The maximum absolute atomic E-state index is 12.5. The van der Waals surface area contributed by atoms with Gasteiger partial charge in [0.05, 0.1) is 10.5 Å². The summed E-state index contributed by atoms with van der Waals surface area (Å²) in [5, 5.41) is 12.2. The Hall–Kier alpha value is -1.44. The van der Waals surface area contributed by atoms with Crippen molar-refractivity contribution in [3.63, 3.8) is 0 Å². The molecule has 2 rings (SSSR count). The van der Waals surface area contributed by atoms with Crippen molar-refractivity contribution >= 4 is 15.9 Å². The lowest BCUT2D eigenvalue weighted by Gasteiger charge is -2.25. The molecular weight excluding hydrogens is 316 g/mol. The van der Waals surface area contributed by atoms with Gasteiger partial charge in [0, 0.05) is 25.2 Å². The molecule has 128 valence electrons. The average Bonchev–Trinajstić information content (AvgIpc) is 2.53. The van der Waals surface area contributed by atoms with Gasteiger partial charge >= 0.3 is 0 Å². The molecule has 1 saturated heterocycles. The molecule has 6 nitrogen and oxygen atoms in total. The second-order valence-corrected chi connectivity index (χ2v) is 8.42. The van der Waals surface area contributed by atoms with E-state index in [2.05, 4.69) is 5.32 Å². The van der Waals surface area contributed by atoms with Gasteiger partial charge in [0.15, 0.2) is 0 Å². The summed E-state index contributed by atoms with van der Waals surface area (Å²) in [6.45, 7) is 4.43. The van der Waals surface area contributed by atoms with Crippen molar-refractivity contribution in [2.45, 2.75) is 43.6 Å². The molecule has 0 aliphatic carbocycles. The van der Waals surface area contributed by atoms with Crippen LogP contribution < -0.4 is 5.32 Å². The Bertz CT molecular complexity index is 642. The number of aliphatic hydroxyl groups is 1. The van der Waals surface area contributed by atoms with E-state index in [1.165, 1.54) is 28.6 Å². The van der Waals surface area contributed by atoms with Crippen molar-refractivity contribution in [2.24, 2.45) is 0 Å². The number of sulfonamides is 1. The number of amides is 1. The molecule has 7 heteroatoms. The third-order valence-corrected chi connectivity index (χ3v) is 5.66. The molecule has 1 amide bonds. The number of carbonyl (C=O) groups excluding carboxylic acids is 1. The molecule has 0 aromatic heterocycles. The van der Waals surface area contributed by atoms with Gasteiger partial charge in [-0.25, -0.2) is 8.42 Å². The van der Waals surface area contributed by atoms with E-state index in [0.29, 0.717) is 18.7 Å². The third kappa shape index (κ3) is 4.76. The van der Waals surface area contributed by atoms with E-state index in [0.717, 1.165) is 19.3 Å². The Morgan fingerprint density at radius 1 is 1.17 bits per heavy atom. The summed E-state index contributed by atoms with van der Waals surface area (Å²) in [4.78, 5) is 12.2. The molecule has 1 aromatic rings. The lowest BCUT2D eigenvalue weighted by Crippen LogP contribution is -2.38. The van der Waals surface area contributed by atoms with E-state index in [4.69, 9.17) is 0 Å². The zero-order valence-corrected chi connectivity index (χ0v) is 14.4. The molecule has 0 atom stereocenters. The van der Waals surface area contributed by atoms with Crippen LogP contribution in [0.4, 0.5) is 0 Å². The lowest BCUT2D eigenvalue weighted by molar-refractivity contribution is 0.0694. The van der Waals surface area contributed by atoms with Crippen molar-refractivity contribution in [1.29, 1.82) is 0 Å². The van der Waals surface area contributed by atoms with Crippen molar-refractivity contribution in [1.82, 2.24) is 9.62 Å². The largest absolute Gasteiger partial charge is 0.389 e. The van der Waals surface area contributed by atoms with Gasteiger partial charge in [-0.3, -0.25) is 4.79 Å². The number of carbonyl (C=O) groups is 1. The number of benzene rings is 1. The Morgan fingerprint density at radius 2 is 1.74 bits per heavy atom. The van der Waals surface area contributed by atoms with Crippen LogP contribution in [0.2, 0.25) is 0 Å². The minimum atomic E-state index is -3.48. The maximum Gasteiger partial charge on any atom is 0.251 e. The van der Waals surface area contributed by atoms with Crippen LogP contribution in [0.5, 0.6) is 0 Å². The summed E-state index contributed by atoms with van der Waals surface area (Å²) in [5.74, 6) is -0.339. The molecule has 2 N–H and O–H groups in total. The zero-order valence-electron chi connectivity index (χ0n) is 13.6. The molecule has 0 bridgehead atoms. The Kier molecular flexibility index (Phi) is 5.44. The van der Waals surface area contributed by atoms with E-state index in [1.807, 2.05) is 0 Å². The van der Waals surface area contributed by atoms with Gasteiger partial charge in [0.2, 0.25) is 10.0 Å². The highest BCUT2D eigenvalue weighted by molar-refractivity contribution is 7.89. The molecule has 1 aromatic carbocycles. The summed E-state index contributed by atoms with van der Waals surface area (Å²) in [5.41, 5.74) is -0.625. The van der Waals surface area contributed by atoms with Gasteiger partial charge < -0.3 is 10.4 Å². The molecular formula is C16H24N2O4S. The Balaban J connectivity index is 2.08. The molecule has 0 unspecified atom stereocenters. The van der Waals surface area contributed by atoms with Crippen LogP contribution in [0.25, 0.3) is 0 Å². The normalized spacial score (nSPS) is 17.0. The van der Waals surface area contributed by atoms with Gasteiger partial charge in [-0.15, -0.1) is 0 Å². The maximum atomic E-state index is 12.5. The number of nitrogens with zero attached hydrogens (tertiary/aromatic N) is 1. The van der Waals surface area contributed by atoms with E-state index in [9.17, 15) is 18.3 Å². The number of piperidine rings is 1. The van der Waals surface area contributed by atoms with Crippen LogP contribution in [0.15, 0.2) is 29.2 Å². The van der Waals surface area contributed by atoms with Gasteiger partial charge in [-0.05, 0) is 51.0 Å². The highest BCUT2D eigenvalue weighted by Crippen LogP contribution is 2.20.